The van der Waals surface area contributed by atoms with Crippen LogP contribution in [0, 0.1) is 13.8 Å². The summed E-state index contributed by atoms with van der Waals surface area (Å²) in [6.45, 7) is 3.09. The van der Waals surface area contributed by atoms with Crippen molar-refractivity contribution in [1.82, 2.24) is 4.90 Å². The first kappa shape index (κ1) is 18.9. The van der Waals surface area contributed by atoms with Crippen molar-refractivity contribution in [1.29, 1.82) is 0 Å². The molecule has 0 aromatic heterocycles. The molecular weight excluding hydrogens is 360 g/mol. The van der Waals surface area contributed by atoms with E-state index in [1.54, 1.807) is 19.1 Å². The zero-order valence-corrected chi connectivity index (χ0v) is 15.5. The molecule has 0 aliphatic carbocycles. The van der Waals surface area contributed by atoms with Crippen molar-refractivity contribution in [3.05, 3.63) is 65.2 Å². The van der Waals surface area contributed by atoms with Gasteiger partial charge in [0.05, 0.1) is 11.4 Å². The molecule has 0 N–H and O–H groups in total. The maximum Gasteiger partial charge on any atom is 0.297 e. The van der Waals surface area contributed by atoms with Gasteiger partial charge in [-0.15, -0.1) is 0 Å². The Balaban J connectivity index is 1.76. The van der Waals surface area contributed by atoms with Crippen molar-refractivity contribution < 1.29 is 21.4 Å². The lowest BCUT2D eigenvalue weighted by Gasteiger charge is -2.18. The molecule has 26 heavy (non-hydrogen) atoms. The Morgan fingerprint density at radius 3 is 2.50 bits per heavy atom. The number of aryl methyl sites for hydroxylation is 2. The van der Waals surface area contributed by atoms with Gasteiger partial charge in [0.15, 0.2) is 6.10 Å². The van der Waals surface area contributed by atoms with E-state index in [4.69, 9.17) is 4.18 Å². The van der Waals surface area contributed by atoms with Crippen LogP contribution in [0.1, 0.15) is 16.7 Å². The first-order valence-corrected chi connectivity index (χ1v) is 9.73. The molecule has 1 unspecified atom stereocenters. The fourth-order valence-corrected chi connectivity index (χ4v) is 4.48. The molecule has 2 aromatic rings. The van der Waals surface area contributed by atoms with Crippen LogP contribution >= 0.6 is 0 Å². The van der Waals surface area contributed by atoms with Crippen LogP contribution < -0.4 is 0 Å². The van der Waals surface area contributed by atoms with Gasteiger partial charge < -0.3 is 0 Å². The third-order valence-electron chi connectivity index (χ3n) is 4.42. The molecule has 140 valence electrons. The van der Waals surface area contributed by atoms with Crippen LogP contribution in [0.2, 0.25) is 0 Å². The van der Waals surface area contributed by atoms with E-state index < -0.39 is 28.7 Å². The van der Waals surface area contributed by atoms with E-state index in [-0.39, 0.29) is 11.4 Å². The van der Waals surface area contributed by atoms with Gasteiger partial charge >= 0.3 is 0 Å². The topological polar surface area (TPSA) is 46.6 Å². The summed E-state index contributed by atoms with van der Waals surface area (Å²) in [6.07, 6.45) is -1.70. The zero-order valence-electron chi connectivity index (χ0n) is 14.7. The summed E-state index contributed by atoms with van der Waals surface area (Å²) in [5.74, 6) is -3.24. The first-order chi connectivity index (χ1) is 12.2. The molecule has 4 nitrogen and oxygen atoms in total. The smallest absolute Gasteiger partial charge is 0.290 e. The van der Waals surface area contributed by atoms with Gasteiger partial charge in [0.2, 0.25) is 0 Å². The van der Waals surface area contributed by atoms with Crippen molar-refractivity contribution in [3.63, 3.8) is 0 Å². The first-order valence-electron chi connectivity index (χ1n) is 8.32. The number of nitrogens with zero attached hydrogens (tertiary/aromatic N) is 1. The van der Waals surface area contributed by atoms with Crippen LogP contribution in [0.3, 0.4) is 0 Å². The van der Waals surface area contributed by atoms with Gasteiger partial charge in [-0.1, -0.05) is 48.0 Å². The molecule has 0 amide bonds. The molecule has 0 bridgehead atoms. The molecule has 1 atom stereocenters. The molecule has 1 aliphatic rings. The minimum absolute atomic E-state index is 0.0691. The lowest BCUT2D eigenvalue weighted by molar-refractivity contribution is -0.0600. The Labute approximate surface area is 152 Å². The van der Waals surface area contributed by atoms with Crippen LogP contribution in [0.5, 0.6) is 0 Å². The van der Waals surface area contributed by atoms with Gasteiger partial charge in [0.1, 0.15) is 0 Å². The summed E-state index contributed by atoms with van der Waals surface area (Å²) in [6, 6.07) is 13.9. The molecule has 1 aliphatic heterocycles. The van der Waals surface area contributed by atoms with E-state index >= 15 is 0 Å². The molecule has 2 aromatic carbocycles. The van der Waals surface area contributed by atoms with Gasteiger partial charge in [-0.3, -0.25) is 9.08 Å². The summed E-state index contributed by atoms with van der Waals surface area (Å²) in [7, 11) is -4.27. The predicted molar refractivity (Wildman–Crippen MR) is 94.6 cm³/mol. The van der Waals surface area contributed by atoms with E-state index in [1.165, 1.54) is 11.0 Å². The fourth-order valence-electron chi connectivity index (χ4n) is 3.18. The maximum atomic E-state index is 14.3. The van der Waals surface area contributed by atoms with Crippen LogP contribution in [-0.2, 0) is 20.8 Å². The van der Waals surface area contributed by atoms with Gasteiger partial charge in [0.25, 0.3) is 16.0 Å². The normalized spacial score (nSPS) is 20.4. The van der Waals surface area contributed by atoms with E-state index in [2.05, 4.69) is 0 Å². The number of rotatable bonds is 5. The number of alkyl halides is 2. The van der Waals surface area contributed by atoms with E-state index in [0.717, 1.165) is 11.1 Å². The predicted octanol–water partition coefficient (Wildman–Crippen LogP) is 3.53. The third kappa shape index (κ3) is 4.11. The summed E-state index contributed by atoms with van der Waals surface area (Å²) in [5.41, 5.74) is 2.26. The summed E-state index contributed by atoms with van der Waals surface area (Å²) >= 11 is 0. The second-order valence-electron chi connectivity index (χ2n) is 6.72. The molecule has 0 spiro atoms. The van der Waals surface area contributed by atoms with Gasteiger partial charge in [-0.2, -0.15) is 8.42 Å². The lowest BCUT2D eigenvalue weighted by atomic mass is 10.2. The molecule has 0 radical (unpaired) electrons. The quantitative estimate of drug-likeness (QED) is 0.744. The highest BCUT2D eigenvalue weighted by Gasteiger charge is 2.51. The molecule has 1 fully saturated rings. The summed E-state index contributed by atoms with van der Waals surface area (Å²) in [4.78, 5) is 1.44. The Kier molecular flexibility index (Phi) is 5.14. The van der Waals surface area contributed by atoms with E-state index in [9.17, 15) is 17.2 Å². The van der Waals surface area contributed by atoms with Crippen LogP contribution in [0.15, 0.2) is 53.4 Å². The lowest BCUT2D eigenvalue weighted by Crippen LogP contribution is -2.36. The van der Waals surface area contributed by atoms with Crippen molar-refractivity contribution in [2.45, 2.75) is 37.3 Å². The largest absolute Gasteiger partial charge is 0.297 e. The van der Waals surface area contributed by atoms with Crippen LogP contribution in [0.4, 0.5) is 8.78 Å². The highest BCUT2D eigenvalue weighted by molar-refractivity contribution is 7.86. The minimum Gasteiger partial charge on any atom is -0.290 e. The van der Waals surface area contributed by atoms with E-state index in [1.807, 2.05) is 37.3 Å². The van der Waals surface area contributed by atoms with Gasteiger partial charge in [0, 0.05) is 13.1 Å². The molecule has 1 saturated heterocycles. The Bertz CT molecular complexity index is 885. The third-order valence-corrected chi connectivity index (χ3v) is 5.90. The number of hydrogen-bond donors (Lipinski definition) is 0. The maximum absolute atomic E-state index is 14.3. The second-order valence-corrected chi connectivity index (χ2v) is 8.26. The monoisotopic (exact) mass is 381 g/mol. The van der Waals surface area contributed by atoms with Crippen molar-refractivity contribution >= 4 is 10.1 Å². The highest BCUT2D eigenvalue weighted by Crippen LogP contribution is 2.33. The summed E-state index contributed by atoms with van der Waals surface area (Å²) in [5, 5.41) is 0. The minimum atomic E-state index is -4.27. The highest BCUT2D eigenvalue weighted by atomic mass is 32.2. The Morgan fingerprint density at radius 1 is 1.15 bits per heavy atom. The molecule has 1 heterocycles. The average molecular weight is 381 g/mol. The summed E-state index contributed by atoms with van der Waals surface area (Å²) < 4.78 is 58.6. The van der Waals surface area contributed by atoms with Crippen LogP contribution in [0.25, 0.3) is 0 Å². The fraction of sp³-hybridized carbons (Fsp3) is 0.368. The van der Waals surface area contributed by atoms with Crippen molar-refractivity contribution in [3.8, 4) is 0 Å². The average Bonchev–Trinajstić information content (AvgIpc) is 2.80. The number of benzene rings is 2. The van der Waals surface area contributed by atoms with Gasteiger partial charge in [-0.25, -0.2) is 8.78 Å². The molecule has 0 saturated carbocycles. The molecule has 3 rings (SSSR count). The van der Waals surface area contributed by atoms with Crippen LogP contribution in [-0.4, -0.2) is 38.4 Å². The number of likely N-dealkylation sites (tertiary alicyclic amines) is 1. The number of hydrogen-bond acceptors (Lipinski definition) is 4. The van der Waals surface area contributed by atoms with Crippen molar-refractivity contribution in [2.24, 2.45) is 0 Å². The standard InChI is InChI=1S/C19H21F2NO3S/c1-14-8-9-17(15(2)10-14)26(23,24)25-18-12-22(13-19(18,20)21)11-16-6-4-3-5-7-16/h3-10,18H,11-13H2,1-2H3. The SMILES string of the molecule is Cc1ccc(S(=O)(=O)OC2CN(Cc3ccccc3)CC2(F)F)c(C)c1. The Hall–Kier alpha value is -1.83. The number of halogens is 2. The zero-order chi connectivity index (χ0) is 18.9. The Morgan fingerprint density at radius 2 is 1.85 bits per heavy atom. The molecular formula is C19H21F2NO3S. The van der Waals surface area contributed by atoms with Gasteiger partial charge in [-0.05, 0) is 31.0 Å². The van der Waals surface area contributed by atoms with Crippen molar-refractivity contribution in [2.75, 3.05) is 13.1 Å². The second kappa shape index (κ2) is 7.06. The molecule has 7 heteroatoms. The van der Waals surface area contributed by atoms with E-state index in [0.29, 0.717) is 12.1 Å².